The number of rotatable bonds is 10. The SMILES string of the molecule is C#C[C@]1(F)[C@H](n2cnc3c(OCC)nc(NC(c4ccccc4)(c4ccccc4)c4ccc(OC)cc4)nc32)O[C@](F)(CC)[C@H]1C. The fourth-order valence-electron chi connectivity index (χ4n) is 6.20. The Kier molecular flexibility index (Phi) is 8.13. The maximum Gasteiger partial charge on any atom is 0.247 e. The molecule has 1 aliphatic heterocycles. The van der Waals surface area contributed by atoms with Gasteiger partial charge >= 0.3 is 0 Å². The minimum absolute atomic E-state index is 0.0881. The van der Waals surface area contributed by atoms with Crippen LogP contribution in [-0.2, 0) is 10.3 Å². The molecule has 8 nitrogen and oxygen atoms in total. The van der Waals surface area contributed by atoms with Crippen LogP contribution in [0.25, 0.3) is 11.2 Å². The van der Waals surface area contributed by atoms with Crippen molar-refractivity contribution in [3.05, 3.63) is 108 Å². The van der Waals surface area contributed by atoms with Gasteiger partial charge in [-0.2, -0.15) is 9.97 Å². The van der Waals surface area contributed by atoms with Gasteiger partial charge in [-0.25, -0.2) is 13.8 Å². The molecule has 1 N–H and O–H groups in total. The van der Waals surface area contributed by atoms with E-state index in [2.05, 4.69) is 16.2 Å². The van der Waals surface area contributed by atoms with Gasteiger partial charge in [0, 0.05) is 6.42 Å². The van der Waals surface area contributed by atoms with Gasteiger partial charge in [0.25, 0.3) is 0 Å². The molecule has 0 bridgehead atoms. The third kappa shape index (κ3) is 4.92. The smallest absolute Gasteiger partial charge is 0.247 e. The van der Waals surface area contributed by atoms with Crippen LogP contribution in [0.4, 0.5) is 14.7 Å². The average Bonchev–Trinajstić information content (AvgIpc) is 3.61. The molecule has 0 radical (unpaired) electrons. The Bertz CT molecular complexity index is 1820. The Hall–Kier alpha value is -5.01. The third-order valence-electron chi connectivity index (χ3n) is 8.81. The fourth-order valence-corrected chi connectivity index (χ4v) is 6.20. The Morgan fingerprint density at radius 3 is 2.11 bits per heavy atom. The van der Waals surface area contributed by atoms with E-state index >= 15 is 8.78 Å². The number of alkyl halides is 2. The summed E-state index contributed by atoms with van der Waals surface area (Å²) in [5, 5.41) is 3.62. The van der Waals surface area contributed by atoms with Gasteiger partial charge in [-0.05, 0) is 35.7 Å². The largest absolute Gasteiger partial charge is 0.497 e. The zero-order valence-corrected chi connectivity index (χ0v) is 26.1. The molecule has 236 valence electrons. The molecule has 1 fully saturated rings. The molecule has 0 unspecified atom stereocenters. The molecular formula is C36H35F2N5O3. The van der Waals surface area contributed by atoms with E-state index in [0.29, 0.717) is 5.75 Å². The number of imidazole rings is 1. The number of aromatic nitrogens is 4. The van der Waals surface area contributed by atoms with Gasteiger partial charge in [-0.15, -0.1) is 6.42 Å². The molecule has 1 saturated heterocycles. The molecule has 0 saturated carbocycles. The Balaban J connectivity index is 1.59. The van der Waals surface area contributed by atoms with E-state index < -0.39 is 29.2 Å². The van der Waals surface area contributed by atoms with Crippen LogP contribution in [0.15, 0.2) is 91.3 Å². The van der Waals surface area contributed by atoms with E-state index in [1.165, 1.54) is 17.8 Å². The van der Waals surface area contributed by atoms with Crippen molar-refractivity contribution >= 4 is 17.1 Å². The summed E-state index contributed by atoms with van der Waals surface area (Å²) < 4.78 is 50.7. The Morgan fingerprint density at radius 1 is 0.957 bits per heavy atom. The maximum atomic E-state index is 16.5. The van der Waals surface area contributed by atoms with Crippen molar-refractivity contribution < 1.29 is 23.0 Å². The number of terminal acetylenes is 1. The second-order valence-corrected chi connectivity index (χ2v) is 11.2. The van der Waals surface area contributed by atoms with Crippen molar-refractivity contribution in [2.24, 2.45) is 5.92 Å². The molecule has 3 aromatic carbocycles. The first kappa shape index (κ1) is 31.0. The molecule has 3 heterocycles. The highest BCUT2D eigenvalue weighted by molar-refractivity contribution is 5.78. The molecule has 0 spiro atoms. The molecule has 1 aliphatic rings. The first-order valence-electron chi connectivity index (χ1n) is 15.2. The quantitative estimate of drug-likeness (QED) is 0.130. The van der Waals surface area contributed by atoms with Crippen LogP contribution in [0.1, 0.15) is 50.1 Å². The number of methoxy groups -OCH3 is 1. The number of hydrogen-bond donors (Lipinski definition) is 1. The summed E-state index contributed by atoms with van der Waals surface area (Å²) in [6.45, 7) is 5.10. The number of ether oxygens (including phenoxy) is 3. The summed E-state index contributed by atoms with van der Waals surface area (Å²) in [4.78, 5) is 14.0. The lowest BCUT2D eigenvalue weighted by Gasteiger charge is -2.37. The van der Waals surface area contributed by atoms with E-state index in [9.17, 15) is 0 Å². The monoisotopic (exact) mass is 623 g/mol. The zero-order valence-electron chi connectivity index (χ0n) is 26.1. The van der Waals surface area contributed by atoms with Crippen LogP contribution < -0.4 is 14.8 Å². The fraction of sp³-hybridized carbons (Fsp3) is 0.306. The number of nitrogens with one attached hydrogen (secondary N) is 1. The van der Waals surface area contributed by atoms with Crippen molar-refractivity contribution in [3.63, 3.8) is 0 Å². The number of halogens is 2. The number of nitrogens with zero attached hydrogens (tertiary/aromatic N) is 4. The van der Waals surface area contributed by atoms with Crippen LogP contribution in [0.5, 0.6) is 11.6 Å². The van der Waals surface area contributed by atoms with Gasteiger partial charge in [0.05, 0.1) is 26.0 Å². The minimum Gasteiger partial charge on any atom is -0.497 e. The number of hydrogen-bond acceptors (Lipinski definition) is 7. The van der Waals surface area contributed by atoms with Gasteiger partial charge in [-0.3, -0.25) is 4.57 Å². The molecule has 5 aromatic rings. The topological polar surface area (TPSA) is 83.3 Å². The van der Waals surface area contributed by atoms with Crippen LogP contribution in [-0.4, -0.2) is 44.8 Å². The van der Waals surface area contributed by atoms with Crippen molar-refractivity contribution in [1.82, 2.24) is 19.5 Å². The first-order valence-corrected chi connectivity index (χ1v) is 15.2. The molecular weight excluding hydrogens is 588 g/mol. The molecule has 46 heavy (non-hydrogen) atoms. The third-order valence-corrected chi connectivity index (χ3v) is 8.81. The van der Waals surface area contributed by atoms with E-state index in [-0.39, 0.29) is 36.0 Å². The summed E-state index contributed by atoms with van der Waals surface area (Å²) in [6, 6.07) is 27.5. The van der Waals surface area contributed by atoms with Crippen LogP contribution in [0, 0.1) is 18.3 Å². The highest BCUT2D eigenvalue weighted by Crippen LogP contribution is 2.53. The number of anilines is 1. The lowest BCUT2D eigenvalue weighted by atomic mass is 9.77. The van der Waals surface area contributed by atoms with Gasteiger partial charge in [0.15, 0.2) is 17.4 Å². The Morgan fingerprint density at radius 2 is 1.57 bits per heavy atom. The van der Waals surface area contributed by atoms with E-state index in [1.807, 2.05) is 91.9 Å². The zero-order chi connectivity index (χ0) is 32.5. The van der Waals surface area contributed by atoms with Crippen molar-refractivity contribution in [2.75, 3.05) is 19.0 Å². The predicted octanol–water partition coefficient (Wildman–Crippen LogP) is 7.22. The predicted molar refractivity (Wildman–Crippen MR) is 172 cm³/mol. The number of fused-ring (bicyclic) bond motifs is 1. The highest BCUT2D eigenvalue weighted by atomic mass is 19.2. The lowest BCUT2D eigenvalue weighted by Crippen LogP contribution is -2.39. The first-order chi connectivity index (χ1) is 22.2. The molecule has 10 heteroatoms. The van der Waals surface area contributed by atoms with Crippen LogP contribution >= 0.6 is 0 Å². The van der Waals surface area contributed by atoms with Crippen molar-refractivity contribution in [1.29, 1.82) is 0 Å². The molecule has 6 rings (SSSR count). The molecule has 0 aliphatic carbocycles. The maximum absolute atomic E-state index is 16.5. The standard InChI is InChI=1S/C36H35F2N5O3/c1-6-34(37)24(4)35(38,7-2)46-32(34)43-23-39-29-30(43)40-33(41-31(29)45-8-3)42-36(25-15-11-9-12-16-25,26-17-13-10-14-18-26)27-19-21-28(44-5)22-20-27/h1,9-24,32H,7-8H2,2-5H3,(H,40,41,42)/t24-,32+,34+,35+/m0/s1. The highest BCUT2D eigenvalue weighted by Gasteiger charge is 2.63. The average molecular weight is 624 g/mol. The van der Waals surface area contributed by atoms with Crippen LogP contribution in [0.2, 0.25) is 0 Å². The summed E-state index contributed by atoms with van der Waals surface area (Å²) in [5.74, 6) is -0.354. The number of benzene rings is 3. The van der Waals surface area contributed by atoms with Gasteiger partial charge in [0.2, 0.25) is 23.4 Å². The second-order valence-electron chi connectivity index (χ2n) is 11.2. The minimum atomic E-state index is -2.48. The van der Waals surface area contributed by atoms with E-state index in [4.69, 9.17) is 30.6 Å². The lowest BCUT2D eigenvalue weighted by molar-refractivity contribution is -0.171. The van der Waals surface area contributed by atoms with Gasteiger partial charge in [0.1, 0.15) is 11.3 Å². The van der Waals surface area contributed by atoms with Gasteiger partial charge < -0.3 is 19.5 Å². The summed E-state index contributed by atoms with van der Waals surface area (Å²) in [7, 11) is 1.62. The normalized spacial score (nSPS) is 22.8. The molecule has 0 amide bonds. The van der Waals surface area contributed by atoms with Gasteiger partial charge in [-0.1, -0.05) is 92.6 Å². The Labute approximate surface area is 266 Å². The molecule has 4 atom stereocenters. The summed E-state index contributed by atoms with van der Waals surface area (Å²) >= 11 is 0. The molecule has 2 aromatic heterocycles. The van der Waals surface area contributed by atoms with Crippen molar-refractivity contribution in [3.8, 4) is 24.0 Å². The second kappa shape index (κ2) is 12.1. The van der Waals surface area contributed by atoms with Crippen molar-refractivity contribution in [2.45, 2.75) is 50.5 Å². The summed E-state index contributed by atoms with van der Waals surface area (Å²) in [6.07, 6.45) is 5.41. The van der Waals surface area contributed by atoms with E-state index in [0.717, 1.165) is 16.7 Å². The summed E-state index contributed by atoms with van der Waals surface area (Å²) in [5.41, 5.74) is -0.415. The van der Waals surface area contributed by atoms with Crippen LogP contribution in [0.3, 0.4) is 0 Å². The van der Waals surface area contributed by atoms with E-state index in [1.54, 1.807) is 14.0 Å².